The van der Waals surface area contributed by atoms with E-state index in [1.54, 1.807) is 0 Å². The van der Waals surface area contributed by atoms with Crippen molar-refractivity contribution in [3.8, 4) is 33.8 Å². The fraction of sp³-hybridized carbons (Fsp3) is 0.250. The van der Waals surface area contributed by atoms with E-state index in [0.717, 1.165) is 44.6 Å². The Balaban J connectivity index is 0.000000280. The summed E-state index contributed by atoms with van der Waals surface area (Å²) in [6, 6.07) is 35.2. The summed E-state index contributed by atoms with van der Waals surface area (Å²) >= 11 is 0. The molecule has 0 fully saturated rings. The minimum atomic E-state index is 0. The second-order valence-corrected chi connectivity index (χ2v) is 13.5. The summed E-state index contributed by atoms with van der Waals surface area (Å²) in [6.45, 7) is 17.6. The van der Waals surface area contributed by atoms with Gasteiger partial charge in [0.15, 0.2) is 0 Å². The number of hydrogen-bond donors (Lipinski definition) is 0. The third kappa shape index (κ3) is 7.59. The third-order valence-electron chi connectivity index (χ3n) is 9.14. The Labute approximate surface area is 304 Å². The maximum absolute atomic E-state index is 6.39. The molecular formula is C44H43IrN3O-2. The van der Waals surface area contributed by atoms with Gasteiger partial charge in [-0.25, -0.2) is 4.98 Å². The summed E-state index contributed by atoms with van der Waals surface area (Å²) in [4.78, 5) is 14.1. The molecule has 7 aromatic rings. The predicted octanol–water partition coefficient (Wildman–Crippen LogP) is 11.7. The van der Waals surface area contributed by atoms with E-state index >= 15 is 0 Å². The van der Waals surface area contributed by atoms with Gasteiger partial charge in [-0.05, 0) is 91.2 Å². The number of aromatic nitrogens is 3. The molecule has 0 N–H and O–H groups in total. The molecule has 49 heavy (non-hydrogen) atoms. The molecular weight excluding hydrogens is 779 g/mol. The SMILES string of the molecule is Cc1cc(-c2[c-]ccc3c2oc2nc(-c4c(C)cccc4C)ccc23)ncc1C(C(C)C)C(C)C.Cc1ccc(-c2[c-]cccc2)nc1.[Ir]. The van der Waals surface area contributed by atoms with Crippen LogP contribution in [0.2, 0.25) is 0 Å². The number of benzene rings is 3. The Kier molecular flexibility index (Phi) is 11.3. The quantitative estimate of drug-likeness (QED) is 0.157. The van der Waals surface area contributed by atoms with Crippen molar-refractivity contribution in [2.75, 3.05) is 0 Å². The Hall–Kier alpha value is -4.44. The number of fused-ring (bicyclic) bond motifs is 3. The summed E-state index contributed by atoms with van der Waals surface area (Å²) in [6.07, 6.45) is 3.93. The van der Waals surface area contributed by atoms with Crippen LogP contribution in [0.15, 0.2) is 102 Å². The van der Waals surface area contributed by atoms with Crippen LogP contribution >= 0.6 is 0 Å². The van der Waals surface area contributed by atoms with Crippen molar-refractivity contribution >= 4 is 22.1 Å². The number of aryl methyl sites for hydroxylation is 4. The van der Waals surface area contributed by atoms with E-state index in [-0.39, 0.29) is 20.1 Å². The fourth-order valence-electron chi connectivity index (χ4n) is 6.89. The first-order valence-electron chi connectivity index (χ1n) is 16.8. The molecule has 0 aliphatic carbocycles. The van der Waals surface area contributed by atoms with Crippen LogP contribution in [0.1, 0.15) is 61.4 Å². The number of rotatable bonds is 6. The molecule has 0 saturated heterocycles. The van der Waals surface area contributed by atoms with Crippen LogP contribution < -0.4 is 0 Å². The Morgan fingerprint density at radius 3 is 1.98 bits per heavy atom. The molecule has 0 spiro atoms. The van der Waals surface area contributed by atoms with Gasteiger partial charge in [-0.2, -0.15) is 0 Å². The van der Waals surface area contributed by atoms with Crippen molar-refractivity contribution in [3.63, 3.8) is 0 Å². The molecule has 4 heterocycles. The average Bonchev–Trinajstić information content (AvgIpc) is 3.44. The second kappa shape index (κ2) is 15.4. The monoisotopic (exact) mass is 822 g/mol. The zero-order valence-corrected chi connectivity index (χ0v) is 31.9. The molecule has 0 saturated carbocycles. The van der Waals surface area contributed by atoms with Gasteiger partial charge in [-0.3, -0.25) is 0 Å². The van der Waals surface area contributed by atoms with E-state index in [1.165, 1.54) is 33.4 Å². The Bertz CT molecular complexity index is 2160. The van der Waals surface area contributed by atoms with Gasteiger partial charge in [0.05, 0.1) is 11.3 Å². The van der Waals surface area contributed by atoms with E-state index in [0.29, 0.717) is 23.5 Å². The maximum atomic E-state index is 6.39. The molecule has 0 aliphatic rings. The van der Waals surface area contributed by atoms with E-state index in [2.05, 4.69) is 120 Å². The molecule has 0 amide bonds. The van der Waals surface area contributed by atoms with E-state index in [9.17, 15) is 0 Å². The second-order valence-electron chi connectivity index (χ2n) is 13.5. The first-order valence-corrected chi connectivity index (χ1v) is 16.8. The van der Waals surface area contributed by atoms with Crippen molar-refractivity contribution < 1.29 is 24.5 Å². The predicted molar refractivity (Wildman–Crippen MR) is 199 cm³/mol. The van der Waals surface area contributed by atoms with Crippen molar-refractivity contribution in [1.29, 1.82) is 0 Å². The number of pyridine rings is 3. The topological polar surface area (TPSA) is 51.8 Å². The van der Waals surface area contributed by atoms with Crippen LogP contribution in [0.4, 0.5) is 0 Å². The molecule has 3 aromatic carbocycles. The molecule has 1 radical (unpaired) electrons. The average molecular weight is 822 g/mol. The molecule has 7 rings (SSSR count). The fourth-order valence-corrected chi connectivity index (χ4v) is 6.89. The standard InChI is InChI=1S/C32H33N2O.C12H10N.Ir/c1-18(2)29(19(3)4)26-17-33-28(16-22(26)7)25-13-9-12-23-24-14-15-27(34-32(24)35-31(23)25)30-20(5)10-8-11-21(30)6;1-10-7-8-12(13-9-10)11-5-3-2-4-6-11;/h8-12,14-19,29H,1-7H3;2-5,7-9H,1H3;/q2*-1;. The van der Waals surface area contributed by atoms with Crippen molar-refractivity contribution in [2.45, 2.75) is 61.3 Å². The van der Waals surface area contributed by atoms with Crippen molar-refractivity contribution in [2.24, 2.45) is 11.8 Å². The van der Waals surface area contributed by atoms with E-state index < -0.39 is 0 Å². The van der Waals surface area contributed by atoms with Gasteiger partial charge in [0, 0.05) is 43.4 Å². The smallest absolute Gasteiger partial charge is 0.216 e. The number of nitrogens with zero attached hydrogens (tertiary/aromatic N) is 3. The first kappa shape index (κ1) is 35.9. The molecule has 0 atom stereocenters. The molecule has 4 nitrogen and oxygen atoms in total. The summed E-state index contributed by atoms with van der Waals surface area (Å²) in [5, 5.41) is 2.05. The maximum Gasteiger partial charge on any atom is 0.216 e. The van der Waals surface area contributed by atoms with E-state index in [1.807, 2.05) is 49.5 Å². The summed E-state index contributed by atoms with van der Waals surface area (Å²) in [5.74, 6) is 1.60. The minimum Gasteiger partial charge on any atom is -0.486 e. The molecule has 0 aliphatic heterocycles. The van der Waals surface area contributed by atoms with Crippen LogP contribution in [0.5, 0.6) is 0 Å². The Morgan fingerprint density at radius 2 is 1.35 bits per heavy atom. The van der Waals surface area contributed by atoms with Gasteiger partial charge in [-0.15, -0.1) is 54.1 Å². The molecule has 0 unspecified atom stereocenters. The van der Waals surface area contributed by atoms with Crippen LogP contribution in [-0.2, 0) is 20.1 Å². The van der Waals surface area contributed by atoms with Crippen LogP contribution in [0.25, 0.3) is 55.8 Å². The van der Waals surface area contributed by atoms with Crippen molar-refractivity contribution in [1.82, 2.24) is 15.0 Å². The number of furan rings is 1. The molecule has 5 heteroatoms. The number of hydrogen-bond acceptors (Lipinski definition) is 4. The van der Waals surface area contributed by atoms with Gasteiger partial charge in [0.1, 0.15) is 0 Å². The van der Waals surface area contributed by atoms with Gasteiger partial charge < -0.3 is 14.4 Å². The third-order valence-corrected chi connectivity index (χ3v) is 9.14. The Morgan fingerprint density at radius 1 is 0.633 bits per heavy atom. The van der Waals surface area contributed by atoms with Crippen LogP contribution in [0.3, 0.4) is 0 Å². The van der Waals surface area contributed by atoms with Gasteiger partial charge in [-0.1, -0.05) is 80.6 Å². The van der Waals surface area contributed by atoms with Crippen LogP contribution in [0, 0.1) is 51.7 Å². The summed E-state index contributed by atoms with van der Waals surface area (Å²) < 4.78 is 6.39. The molecule has 4 aromatic heterocycles. The molecule has 0 bridgehead atoms. The van der Waals surface area contributed by atoms with Gasteiger partial charge >= 0.3 is 0 Å². The molecule has 251 valence electrons. The largest absolute Gasteiger partial charge is 0.486 e. The van der Waals surface area contributed by atoms with E-state index in [4.69, 9.17) is 14.4 Å². The summed E-state index contributed by atoms with van der Waals surface area (Å²) in [7, 11) is 0. The minimum absolute atomic E-state index is 0. The summed E-state index contributed by atoms with van der Waals surface area (Å²) in [5.41, 5.74) is 13.5. The zero-order valence-electron chi connectivity index (χ0n) is 29.6. The van der Waals surface area contributed by atoms with Crippen LogP contribution in [-0.4, -0.2) is 15.0 Å². The van der Waals surface area contributed by atoms with Gasteiger partial charge in [0.25, 0.3) is 0 Å². The van der Waals surface area contributed by atoms with Crippen molar-refractivity contribution in [3.05, 3.63) is 137 Å². The van der Waals surface area contributed by atoms with Gasteiger partial charge in [0.2, 0.25) is 5.71 Å². The zero-order chi connectivity index (χ0) is 33.9. The normalized spacial score (nSPS) is 11.2. The first-order chi connectivity index (χ1) is 23.1.